The van der Waals surface area contributed by atoms with Gasteiger partial charge in [0, 0.05) is 6.42 Å². The Bertz CT molecular complexity index is 595. The molecule has 0 aliphatic carbocycles. The summed E-state index contributed by atoms with van der Waals surface area (Å²) in [5.74, 6) is -2.54. The fraction of sp³-hybridized carbons (Fsp3) is 0.429. The van der Waals surface area contributed by atoms with Gasteiger partial charge in [0.15, 0.2) is 0 Å². The summed E-state index contributed by atoms with van der Waals surface area (Å²) in [4.78, 5) is 23.3. The molecule has 0 spiro atoms. The van der Waals surface area contributed by atoms with Crippen LogP contribution in [-0.2, 0) is 16.0 Å². The van der Waals surface area contributed by atoms with Gasteiger partial charge in [-0.2, -0.15) is 0 Å². The lowest BCUT2D eigenvalue weighted by molar-refractivity contribution is -0.121. The van der Waals surface area contributed by atoms with Crippen molar-refractivity contribution in [2.45, 2.75) is 32.6 Å². The van der Waals surface area contributed by atoms with E-state index in [0.29, 0.717) is 5.56 Å². The van der Waals surface area contributed by atoms with Gasteiger partial charge in [-0.25, -0.2) is 9.18 Å². The Morgan fingerprint density at radius 2 is 2.23 bits per heavy atom. The highest BCUT2D eigenvalue weighted by Crippen LogP contribution is 2.32. The number of ether oxygens (including phenoxy) is 1. The average molecular weight is 309 g/mol. The third kappa shape index (κ3) is 3.22. The number of halogens is 1. The lowest BCUT2D eigenvalue weighted by Crippen LogP contribution is -2.53. The molecule has 1 amide bonds. The first-order chi connectivity index (χ1) is 10.5. The number of amides is 1. The zero-order valence-corrected chi connectivity index (χ0v) is 12.4. The molecule has 1 aromatic rings. The summed E-state index contributed by atoms with van der Waals surface area (Å²) in [5, 5.41) is 12.6. The van der Waals surface area contributed by atoms with E-state index in [9.17, 15) is 19.0 Å². The molecule has 0 aromatic heterocycles. The van der Waals surface area contributed by atoms with Crippen LogP contribution in [0.5, 0.6) is 5.75 Å². The summed E-state index contributed by atoms with van der Waals surface area (Å²) < 4.78 is 24.0. The van der Waals surface area contributed by atoms with Gasteiger partial charge in [-0.05, 0) is 25.0 Å². The highest BCUT2D eigenvalue weighted by molar-refractivity contribution is 6.47. The molecule has 1 aliphatic heterocycles. The Labute approximate surface area is 127 Å². The number of fused-ring (bicyclic) bond motifs is 1. The first-order valence-electron chi connectivity index (χ1n) is 7.10. The molecule has 0 saturated carbocycles. The van der Waals surface area contributed by atoms with Crippen molar-refractivity contribution in [3.05, 3.63) is 29.1 Å². The van der Waals surface area contributed by atoms with Crippen LogP contribution in [-0.4, -0.2) is 36.6 Å². The quantitative estimate of drug-likeness (QED) is 0.636. The number of nitrogens with one attached hydrogen (secondary N) is 1. The van der Waals surface area contributed by atoms with Gasteiger partial charge in [0.05, 0.1) is 12.5 Å². The van der Waals surface area contributed by atoms with Crippen molar-refractivity contribution in [2.24, 2.45) is 0 Å². The van der Waals surface area contributed by atoms with E-state index in [4.69, 9.17) is 9.39 Å². The first kappa shape index (κ1) is 16.3. The van der Waals surface area contributed by atoms with Crippen molar-refractivity contribution in [3.63, 3.8) is 0 Å². The number of benzene rings is 1. The summed E-state index contributed by atoms with van der Waals surface area (Å²) in [6.45, 7) is 3.39. The molecule has 6 nitrogen and oxygen atoms in total. The molecule has 1 atom stereocenters. The second kappa shape index (κ2) is 6.78. The Kier molecular flexibility index (Phi) is 5.02. The van der Waals surface area contributed by atoms with Crippen LogP contribution in [0.2, 0.25) is 0 Å². The Balaban J connectivity index is 2.32. The third-order valence-corrected chi connectivity index (χ3v) is 3.36. The summed E-state index contributed by atoms with van der Waals surface area (Å²) in [7, 11) is -1.36. The molecule has 2 N–H and O–H groups in total. The molecule has 2 rings (SSSR count). The molecule has 0 bridgehead atoms. The second-order valence-corrected chi connectivity index (χ2v) is 4.87. The maximum absolute atomic E-state index is 13.9. The zero-order valence-electron chi connectivity index (χ0n) is 12.4. The fourth-order valence-corrected chi connectivity index (χ4v) is 2.26. The van der Waals surface area contributed by atoms with Crippen molar-refractivity contribution < 1.29 is 28.4 Å². The van der Waals surface area contributed by atoms with Gasteiger partial charge in [0.2, 0.25) is 5.91 Å². The normalized spacial score (nSPS) is 16.5. The van der Waals surface area contributed by atoms with E-state index in [2.05, 4.69) is 5.32 Å². The molecule has 1 aromatic carbocycles. The standard InChI is InChI=1S/C14H17BFNO5/c1-3-11(18)17-10-7-8-5-6-9(16)12(14(19)21-4-2)13(8)22-15(10)20/h5-6,10,20H,3-4,7H2,1-2H3,(H,17,18). The van der Waals surface area contributed by atoms with Crippen molar-refractivity contribution in [1.82, 2.24) is 5.32 Å². The molecule has 0 saturated heterocycles. The molecule has 1 unspecified atom stereocenters. The van der Waals surface area contributed by atoms with Crippen LogP contribution in [0.1, 0.15) is 36.2 Å². The molecule has 1 heterocycles. The van der Waals surface area contributed by atoms with Gasteiger partial charge >= 0.3 is 13.1 Å². The van der Waals surface area contributed by atoms with E-state index in [1.165, 1.54) is 6.07 Å². The lowest BCUT2D eigenvalue weighted by Gasteiger charge is -2.29. The van der Waals surface area contributed by atoms with Crippen molar-refractivity contribution in [3.8, 4) is 5.75 Å². The van der Waals surface area contributed by atoms with E-state index in [-0.39, 0.29) is 36.7 Å². The molecule has 22 heavy (non-hydrogen) atoms. The fourth-order valence-electron chi connectivity index (χ4n) is 2.26. The van der Waals surface area contributed by atoms with Gasteiger partial charge in [-0.15, -0.1) is 0 Å². The molecule has 0 radical (unpaired) electrons. The molecule has 8 heteroatoms. The molecule has 0 fully saturated rings. The maximum Gasteiger partial charge on any atom is 0.547 e. The lowest BCUT2D eigenvalue weighted by atomic mass is 9.72. The first-order valence-corrected chi connectivity index (χ1v) is 7.10. The Morgan fingerprint density at radius 1 is 1.50 bits per heavy atom. The minimum Gasteiger partial charge on any atom is -0.534 e. The molecule has 1 aliphatic rings. The van der Waals surface area contributed by atoms with Gasteiger partial charge in [-0.1, -0.05) is 13.0 Å². The molecular weight excluding hydrogens is 292 g/mol. The Morgan fingerprint density at radius 3 is 2.86 bits per heavy atom. The minimum absolute atomic E-state index is 0.0343. The van der Waals surface area contributed by atoms with Crippen LogP contribution in [0.4, 0.5) is 4.39 Å². The monoisotopic (exact) mass is 309 g/mol. The van der Waals surface area contributed by atoms with Crippen LogP contribution >= 0.6 is 0 Å². The average Bonchev–Trinajstić information content (AvgIpc) is 2.48. The number of carbonyl (C=O) groups excluding carboxylic acids is 2. The van der Waals surface area contributed by atoms with Gasteiger partial charge < -0.3 is 19.7 Å². The van der Waals surface area contributed by atoms with E-state index in [1.54, 1.807) is 13.8 Å². The number of hydrogen-bond donors (Lipinski definition) is 2. The van der Waals surface area contributed by atoms with Crippen LogP contribution in [0, 0.1) is 5.82 Å². The van der Waals surface area contributed by atoms with Gasteiger partial charge in [-0.3, -0.25) is 4.79 Å². The smallest absolute Gasteiger partial charge is 0.534 e. The summed E-state index contributed by atoms with van der Waals surface area (Å²) in [5.41, 5.74) is 0.190. The van der Waals surface area contributed by atoms with E-state index in [0.717, 1.165) is 6.07 Å². The number of carbonyl (C=O) groups is 2. The SMILES string of the molecule is CCOC(=O)c1c(F)ccc2c1OB(O)C(NC(=O)CC)C2. The maximum atomic E-state index is 13.9. The zero-order chi connectivity index (χ0) is 16.3. The largest absolute Gasteiger partial charge is 0.547 e. The van der Waals surface area contributed by atoms with Crippen molar-refractivity contribution >= 4 is 19.0 Å². The second-order valence-electron chi connectivity index (χ2n) is 4.87. The Hall–Kier alpha value is -2.09. The number of esters is 1. The summed E-state index contributed by atoms with van der Waals surface area (Å²) in [6.07, 6.45) is 0.502. The number of rotatable bonds is 4. The summed E-state index contributed by atoms with van der Waals surface area (Å²) >= 11 is 0. The van der Waals surface area contributed by atoms with Crippen molar-refractivity contribution in [1.29, 1.82) is 0 Å². The van der Waals surface area contributed by atoms with Crippen molar-refractivity contribution in [2.75, 3.05) is 6.61 Å². The topological polar surface area (TPSA) is 84.9 Å². The summed E-state index contributed by atoms with van der Waals surface area (Å²) in [6, 6.07) is 2.61. The van der Waals surface area contributed by atoms with Crippen LogP contribution in [0.3, 0.4) is 0 Å². The molecular formula is C14H17BFNO5. The van der Waals surface area contributed by atoms with Crippen LogP contribution in [0.15, 0.2) is 12.1 Å². The predicted molar refractivity (Wildman–Crippen MR) is 76.9 cm³/mol. The van der Waals surface area contributed by atoms with Gasteiger partial charge in [0.1, 0.15) is 17.1 Å². The third-order valence-electron chi connectivity index (χ3n) is 3.36. The van der Waals surface area contributed by atoms with E-state index < -0.39 is 24.8 Å². The highest BCUT2D eigenvalue weighted by atomic mass is 19.1. The highest BCUT2D eigenvalue weighted by Gasteiger charge is 2.38. The van der Waals surface area contributed by atoms with Crippen LogP contribution in [0.25, 0.3) is 0 Å². The minimum atomic E-state index is -1.36. The number of hydrogen-bond acceptors (Lipinski definition) is 5. The van der Waals surface area contributed by atoms with E-state index in [1.807, 2.05) is 0 Å². The van der Waals surface area contributed by atoms with E-state index >= 15 is 0 Å². The molecule has 118 valence electrons. The predicted octanol–water partition coefficient (Wildman–Crippen LogP) is 0.852. The van der Waals surface area contributed by atoms with Crippen LogP contribution < -0.4 is 9.97 Å². The van der Waals surface area contributed by atoms with Gasteiger partial charge in [0.25, 0.3) is 0 Å².